The van der Waals surface area contributed by atoms with Gasteiger partial charge in [-0.25, -0.2) is 9.59 Å². The molecule has 0 aliphatic carbocycles. The van der Waals surface area contributed by atoms with E-state index < -0.39 is 24.3 Å². The summed E-state index contributed by atoms with van der Waals surface area (Å²) in [5, 5.41) is 20.8. The second-order valence-corrected chi connectivity index (χ2v) is 11.2. The number of halogens is 1. The predicted octanol–water partition coefficient (Wildman–Crippen LogP) is 5.57. The topological polar surface area (TPSA) is 149 Å². The first-order valence-electron chi connectivity index (χ1n) is 15.7. The van der Waals surface area contributed by atoms with Gasteiger partial charge in [0.2, 0.25) is 0 Å². The SMILES string of the molecule is C=CCc1cc(/C=N\N[C@@H](O)COc2ccc([C@@H]3NC(=O)NC(C)=C3C(=O)OC)cc2OCC)cc(OCC)c1OCc1ccc(Cl)cc1. The number of nitrogens with one attached hydrogen (secondary N) is 3. The third-order valence-corrected chi connectivity index (χ3v) is 7.48. The van der Waals surface area contributed by atoms with Gasteiger partial charge in [0.25, 0.3) is 0 Å². The summed E-state index contributed by atoms with van der Waals surface area (Å²) < 4.78 is 28.7. The van der Waals surface area contributed by atoms with E-state index in [1.807, 2.05) is 50.2 Å². The summed E-state index contributed by atoms with van der Waals surface area (Å²) in [5.41, 5.74) is 6.43. The van der Waals surface area contributed by atoms with Crippen molar-refractivity contribution in [2.45, 2.75) is 46.1 Å². The van der Waals surface area contributed by atoms with Crippen LogP contribution in [0, 0.1) is 0 Å². The molecule has 49 heavy (non-hydrogen) atoms. The number of ether oxygens (including phenoxy) is 5. The van der Waals surface area contributed by atoms with E-state index in [0.29, 0.717) is 65.5 Å². The molecule has 13 heteroatoms. The van der Waals surface area contributed by atoms with Gasteiger partial charge in [-0.1, -0.05) is 35.9 Å². The van der Waals surface area contributed by atoms with Gasteiger partial charge in [-0.2, -0.15) is 5.10 Å². The van der Waals surface area contributed by atoms with Crippen molar-refractivity contribution in [2.75, 3.05) is 26.9 Å². The van der Waals surface area contributed by atoms with Crippen LogP contribution in [0.15, 0.2) is 83.6 Å². The minimum atomic E-state index is -1.17. The molecule has 3 aromatic rings. The molecule has 1 aliphatic rings. The number of allylic oxidation sites excluding steroid dienone is 2. The number of hydrogen-bond donors (Lipinski definition) is 4. The van der Waals surface area contributed by atoms with Crippen LogP contribution in [0.2, 0.25) is 5.02 Å². The largest absolute Gasteiger partial charge is 0.490 e. The highest BCUT2D eigenvalue weighted by molar-refractivity contribution is 6.30. The van der Waals surface area contributed by atoms with Crippen molar-refractivity contribution in [3.63, 3.8) is 0 Å². The van der Waals surface area contributed by atoms with E-state index in [4.69, 9.17) is 35.3 Å². The molecule has 0 fully saturated rings. The molecule has 12 nitrogen and oxygen atoms in total. The molecule has 260 valence electrons. The van der Waals surface area contributed by atoms with E-state index >= 15 is 0 Å². The first-order valence-corrected chi connectivity index (χ1v) is 16.1. The molecule has 0 unspecified atom stereocenters. The molecule has 1 heterocycles. The molecule has 3 aromatic carbocycles. The standard InChI is InChI=1S/C36H41ClN4O8/c1-6-9-26-16-24(17-30(47-8-3)34(26)49-20-23-10-13-27(37)14-11-23)19-38-41-31(42)21-48-28-15-12-25(18-29(28)46-7-2)33-32(35(43)45-5)22(4)39-36(44)40-33/h6,10-19,31,33,41-42H,1,7-9,20-21H2,2-5H3,(H2,39,40,44)/b38-19-/t31-,33-/m0/s1. The summed E-state index contributed by atoms with van der Waals surface area (Å²) in [7, 11) is 1.27. The van der Waals surface area contributed by atoms with Gasteiger partial charge < -0.3 is 39.4 Å². The summed E-state index contributed by atoms with van der Waals surface area (Å²) in [6.07, 6.45) is 2.70. The number of aliphatic hydroxyl groups excluding tert-OH is 1. The van der Waals surface area contributed by atoms with Crippen molar-refractivity contribution in [1.82, 2.24) is 16.1 Å². The Morgan fingerprint density at radius 2 is 1.78 bits per heavy atom. The average Bonchev–Trinajstić information content (AvgIpc) is 3.08. The van der Waals surface area contributed by atoms with Crippen LogP contribution in [0.25, 0.3) is 0 Å². The molecule has 0 aromatic heterocycles. The minimum absolute atomic E-state index is 0.170. The highest BCUT2D eigenvalue weighted by Crippen LogP contribution is 2.36. The number of carbonyl (C=O) groups excluding carboxylic acids is 2. The number of nitrogens with zero attached hydrogens (tertiary/aromatic N) is 1. The molecule has 0 saturated heterocycles. The Labute approximate surface area is 290 Å². The summed E-state index contributed by atoms with van der Waals surface area (Å²) >= 11 is 6.01. The summed E-state index contributed by atoms with van der Waals surface area (Å²) in [6, 6.07) is 14.9. The van der Waals surface area contributed by atoms with Gasteiger partial charge in [0, 0.05) is 16.3 Å². The maximum Gasteiger partial charge on any atom is 0.337 e. The van der Waals surface area contributed by atoms with Crippen LogP contribution in [-0.2, 0) is 22.6 Å². The first kappa shape index (κ1) is 36.6. The fourth-order valence-electron chi connectivity index (χ4n) is 5.05. The van der Waals surface area contributed by atoms with E-state index in [9.17, 15) is 14.7 Å². The molecule has 0 spiro atoms. The van der Waals surface area contributed by atoms with E-state index in [0.717, 1.165) is 16.7 Å². The highest BCUT2D eigenvalue weighted by Gasteiger charge is 2.32. The van der Waals surface area contributed by atoms with Gasteiger partial charge >= 0.3 is 12.0 Å². The molecule has 0 saturated carbocycles. The number of esters is 1. The second kappa shape index (κ2) is 17.8. The Morgan fingerprint density at radius 1 is 1.04 bits per heavy atom. The predicted molar refractivity (Wildman–Crippen MR) is 186 cm³/mol. The van der Waals surface area contributed by atoms with Crippen molar-refractivity contribution in [1.29, 1.82) is 0 Å². The van der Waals surface area contributed by atoms with Crippen LogP contribution in [-0.4, -0.2) is 56.5 Å². The number of rotatable bonds is 17. The number of benzene rings is 3. The van der Waals surface area contributed by atoms with Gasteiger partial charge in [-0.05, 0) is 80.3 Å². The fraction of sp³-hybridized carbons (Fsp3) is 0.306. The molecule has 1 aliphatic heterocycles. The number of hydrazone groups is 1. The van der Waals surface area contributed by atoms with Crippen molar-refractivity contribution >= 4 is 29.8 Å². The lowest BCUT2D eigenvalue weighted by atomic mass is 9.95. The van der Waals surface area contributed by atoms with Gasteiger partial charge in [0.15, 0.2) is 29.2 Å². The van der Waals surface area contributed by atoms with E-state index in [1.165, 1.54) is 7.11 Å². The number of hydrogen-bond acceptors (Lipinski definition) is 10. The van der Waals surface area contributed by atoms with E-state index in [2.05, 4.69) is 27.7 Å². The normalized spacial score (nSPS) is 14.8. The van der Waals surface area contributed by atoms with Crippen molar-refractivity contribution in [2.24, 2.45) is 5.10 Å². The number of methoxy groups -OCH3 is 1. The lowest BCUT2D eigenvalue weighted by molar-refractivity contribution is -0.136. The number of urea groups is 1. The highest BCUT2D eigenvalue weighted by atomic mass is 35.5. The third-order valence-electron chi connectivity index (χ3n) is 7.22. The maximum absolute atomic E-state index is 12.5. The Balaban J connectivity index is 1.44. The molecular weight excluding hydrogens is 652 g/mol. The zero-order chi connectivity index (χ0) is 35.3. The van der Waals surface area contributed by atoms with E-state index in [1.54, 1.807) is 37.4 Å². The minimum Gasteiger partial charge on any atom is -0.490 e. The van der Waals surface area contributed by atoms with Gasteiger partial charge in [-0.15, -0.1) is 6.58 Å². The fourth-order valence-corrected chi connectivity index (χ4v) is 5.17. The van der Waals surface area contributed by atoms with Crippen LogP contribution in [0.3, 0.4) is 0 Å². The van der Waals surface area contributed by atoms with Gasteiger partial charge in [-0.3, -0.25) is 5.43 Å². The average molecular weight is 693 g/mol. The monoisotopic (exact) mass is 692 g/mol. The molecule has 2 amide bonds. The summed E-state index contributed by atoms with van der Waals surface area (Å²) in [6.45, 7) is 10.1. The second-order valence-electron chi connectivity index (χ2n) is 10.8. The van der Waals surface area contributed by atoms with Crippen LogP contribution in [0.5, 0.6) is 23.0 Å². The quantitative estimate of drug-likeness (QED) is 0.0469. The van der Waals surface area contributed by atoms with Crippen LogP contribution >= 0.6 is 11.6 Å². The van der Waals surface area contributed by atoms with Crippen molar-refractivity contribution in [3.05, 3.63) is 106 Å². The Hall–Kier alpha value is -5.20. The van der Waals surface area contributed by atoms with Crippen LogP contribution < -0.4 is 35.0 Å². The van der Waals surface area contributed by atoms with E-state index in [-0.39, 0.29) is 12.2 Å². The molecule has 2 atom stereocenters. The molecule has 4 rings (SSSR count). The lowest BCUT2D eigenvalue weighted by Gasteiger charge is -2.28. The molecule has 4 N–H and O–H groups in total. The Kier molecular flexibility index (Phi) is 13.3. The van der Waals surface area contributed by atoms with Crippen molar-refractivity contribution < 1.29 is 38.4 Å². The molecule has 0 bridgehead atoms. The zero-order valence-electron chi connectivity index (χ0n) is 27.9. The van der Waals surface area contributed by atoms with Crippen LogP contribution in [0.4, 0.5) is 4.79 Å². The smallest absolute Gasteiger partial charge is 0.337 e. The number of amides is 2. The van der Waals surface area contributed by atoms with Crippen LogP contribution in [0.1, 0.15) is 49.1 Å². The Morgan fingerprint density at radius 3 is 2.47 bits per heavy atom. The Bertz CT molecular complexity index is 1690. The summed E-state index contributed by atoms with van der Waals surface area (Å²) in [5.74, 6) is 1.30. The lowest BCUT2D eigenvalue weighted by Crippen LogP contribution is -2.45. The van der Waals surface area contributed by atoms with Gasteiger partial charge in [0.05, 0.1) is 38.2 Å². The number of carbonyl (C=O) groups is 2. The zero-order valence-corrected chi connectivity index (χ0v) is 28.6. The third kappa shape index (κ3) is 9.91. The maximum atomic E-state index is 12.5. The number of aliphatic hydroxyl groups is 1. The van der Waals surface area contributed by atoms with Gasteiger partial charge in [0.1, 0.15) is 13.2 Å². The summed E-state index contributed by atoms with van der Waals surface area (Å²) in [4.78, 5) is 24.7. The first-order chi connectivity index (χ1) is 23.7. The molecule has 0 radical (unpaired) electrons. The van der Waals surface area contributed by atoms with Crippen molar-refractivity contribution in [3.8, 4) is 23.0 Å². The molecular formula is C36H41ClN4O8.